The van der Waals surface area contributed by atoms with Gasteiger partial charge in [-0.1, -0.05) is 12.3 Å². The zero-order valence-electron chi connectivity index (χ0n) is 7.23. The van der Waals surface area contributed by atoms with Crippen LogP contribution >= 0.6 is 0 Å². The van der Waals surface area contributed by atoms with Gasteiger partial charge in [-0.2, -0.15) is 6.42 Å². The van der Waals surface area contributed by atoms with Crippen LogP contribution in [0.5, 0.6) is 0 Å². The number of rotatable bonds is 2. The molecule has 2 nitrogen and oxygen atoms in total. The van der Waals surface area contributed by atoms with Gasteiger partial charge in [0.15, 0.2) is 0 Å². The number of hydrogen-bond acceptors (Lipinski definition) is 2. The summed E-state index contributed by atoms with van der Waals surface area (Å²) in [5, 5.41) is 0. The number of carbonyl (C=O) groups excluding carboxylic acids is 1. The summed E-state index contributed by atoms with van der Waals surface area (Å²) in [4.78, 5) is 10.4. The SMILES string of the molecule is [CH2-]CCCC#CC(=O)OC.[I-].[Zn+2]. The van der Waals surface area contributed by atoms with Gasteiger partial charge in [-0.3, -0.25) is 0 Å². The average molecular weight is 331 g/mol. The molecule has 0 spiro atoms. The van der Waals surface area contributed by atoms with E-state index in [0.717, 1.165) is 19.3 Å². The Kier molecular flexibility index (Phi) is 21.2. The van der Waals surface area contributed by atoms with E-state index in [-0.39, 0.29) is 43.5 Å². The van der Waals surface area contributed by atoms with Crippen molar-refractivity contribution in [2.24, 2.45) is 0 Å². The first kappa shape index (κ1) is 18.2. The van der Waals surface area contributed by atoms with Gasteiger partial charge in [0.05, 0.1) is 7.11 Å². The number of hydrogen-bond donors (Lipinski definition) is 0. The Bertz CT molecular complexity index is 160. The molecule has 0 aromatic carbocycles. The first-order chi connectivity index (χ1) is 4.81. The third-order valence-electron chi connectivity index (χ3n) is 0.928. The zero-order chi connectivity index (χ0) is 7.82. The summed E-state index contributed by atoms with van der Waals surface area (Å²) >= 11 is 0. The van der Waals surface area contributed by atoms with Crippen LogP contribution in [-0.2, 0) is 29.0 Å². The van der Waals surface area contributed by atoms with E-state index in [1.165, 1.54) is 7.11 Å². The summed E-state index contributed by atoms with van der Waals surface area (Å²) in [5.41, 5.74) is 0. The fourth-order valence-corrected chi connectivity index (χ4v) is 0.399. The van der Waals surface area contributed by atoms with Crippen LogP contribution in [0, 0.1) is 18.8 Å². The van der Waals surface area contributed by atoms with Crippen LogP contribution in [0.2, 0.25) is 0 Å². The van der Waals surface area contributed by atoms with Crippen molar-refractivity contribution in [3.05, 3.63) is 6.92 Å². The van der Waals surface area contributed by atoms with Crippen LogP contribution in [0.1, 0.15) is 19.3 Å². The standard InChI is InChI=1S/C8H11O2.HI.Zn/c1-3-4-5-6-7-8(9)10-2;;/h1,3-5H2,2H3;1H;/q-1;;+2/p-1. The smallest absolute Gasteiger partial charge is 1.00 e. The summed E-state index contributed by atoms with van der Waals surface area (Å²) in [6, 6.07) is 0. The molecule has 12 heavy (non-hydrogen) atoms. The Labute approximate surface area is 104 Å². The third kappa shape index (κ3) is 13.0. The van der Waals surface area contributed by atoms with Crippen LogP contribution in [-0.4, -0.2) is 13.1 Å². The van der Waals surface area contributed by atoms with Gasteiger partial charge in [0.1, 0.15) is 0 Å². The fourth-order valence-electron chi connectivity index (χ4n) is 0.399. The van der Waals surface area contributed by atoms with E-state index in [2.05, 4.69) is 23.5 Å². The maximum atomic E-state index is 10.4. The van der Waals surface area contributed by atoms with Gasteiger partial charge in [0, 0.05) is 12.3 Å². The molecule has 0 fully saturated rings. The molecule has 0 atom stereocenters. The minimum Gasteiger partial charge on any atom is -1.00 e. The second-order valence-corrected chi connectivity index (χ2v) is 1.75. The Hall–Kier alpha value is 0.383. The topological polar surface area (TPSA) is 26.3 Å². The van der Waals surface area contributed by atoms with Crippen LogP contribution in [0.25, 0.3) is 0 Å². The zero-order valence-corrected chi connectivity index (χ0v) is 12.4. The number of carbonyl (C=O) groups is 1. The number of ether oxygens (including phenoxy) is 1. The molecule has 0 radical (unpaired) electrons. The van der Waals surface area contributed by atoms with Crippen molar-refractivity contribution >= 4 is 5.97 Å². The largest absolute Gasteiger partial charge is 2.00 e. The molecule has 0 saturated heterocycles. The van der Waals surface area contributed by atoms with Gasteiger partial charge in [-0.05, 0) is 0 Å². The summed E-state index contributed by atoms with van der Waals surface area (Å²) < 4.78 is 4.30. The van der Waals surface area contributed by atoms with Crippen molar-refractivity contribution < 1.29 is 53.0 Å². The second-order valence-electron chi connectivity index (χ2n) is 1.75. The molecular formula is C8H11IO2Zn. The van der Waals surface area contributed by atoms with Gasteiger partial charge in [-0.15, -0.1) is 0 Å². The molecule has 0 aliphatic rings. The predicted octanol–water partition coefficient (Wildman–Crippen LogP) is -1.83. The van der Waals surface area contributed by atoms with E-state index in [9.17, 15) is 4.79 Å². The Morgan fingerprint density at radius 1 is 1.58 bits per heavy atom. The van der Waals surface area contributed by atoms with Gasteiger partial charge in [0.25, 0.3) is 0 Å². The van der Waals surface area contributed by atoms with Crippen molar-refractivity contribution in [2.75, 3.05) is 7.11 Å². The minimum atomic E-state index is -0.468. The van der Waals surface area contributed by atoms with Crippen molar-refractivity contribution in [3.63, 3.8) is 0 Å². The van der Waals surface area contributed by atoms with E-state index in [4.69, 9.17) is 0 Å². The molecule has 0 unspecified atom stereocenters. The molecule has 0 rings (SSSR count). The molecule has 4 heteroatoms. The van der Waals surface area contributed by atoms with E-state index in [1.807, 2.05) is 0 Å². The van der Waals surface area contributed by atoms with Gasteiger partial charge >= 0.3 is 25.4 Å². The maximum Gasteiger partial charge on any atom is 2.00 e. The number of methoxy groups -OCH3 is 1. The molecule has 0 amide bonds. The molecule has 0 bridgehead atoms. The molecule has 0 heterocycles. The quantitative estimate of drug-likeness (QED) is 0.113. The van der Waals surface area contributed by atoms with E-state index >= 15 is 0 Å². The maximum absolute atomic E-state index is 10.4. The summed E-state index contributed by atoms with van der Waals surface area (Å²) in [6.07, 6.45) is 2.51. The average Bonchev–Trinajstić information content (AvgIpc) is 1.98. The molecule has 0 N–H and O–H groups in total. The van der Waals surface area contributed by atoms with E-state index in [0.29, 0.717) is 0 Å². The molecule has 0 aliphatic heterocycles. The number of halogens is 1. The summed E-state index contributed by atoms with van der Waals surface area (Å²) in [7, 11) is 1.32. The molecule has 0 aliphatic carbocycles. The van der Waals surface area contributed by atoms with Crippen LogP contribution < -0.4 is 24.0 Å². The second kappa shape index (κ2) is 13.9. The Morgan fingerprint density at radius 2 is 2.17 bits per heavy atom. The van der Waals surface area contributed by atoms with Gasteiger partial charge < -0.3 is 35.6 Å². The molecule has 0 aromatic rings. The number of esters is 1. The van der Waals surface area contributed by atoms with Crippen LogP contribution in [0.3, 0.4) is 0 Å². The first-order valence-electron chi connectivity index (χ1n) is 3.17. The van der Waals surface area contributed by atoms with E-state index < -0.39 is 5.97 Å². The Balaban J connectivity index is -0.000000405. The van der Waals surface area contributed by atoms with Crippen molar-refractivity contribution in [2.45, 2.75) is 19.3 Å². The Morgan fingerprint density at radius 3 is 2.58 bits per heavy atom. The van der Waals surface area contributed by atoms with Crippen molar-refractivity contribution in [1.29, 1.82) is 0 Å². The minimum absolute atomic E-state index is 0. The normalized spacial score (nSPS) is 6.50. The number of unbranched alkanes of at least 4 members (excludes halogenated alkanes) is 2. The van der Waals surface area contributed by atoms with E-state index in [1.54, 1.807) is 0 Å². The summed E-state index contributed by atoms with van der Waals surface area (Å²) in [5.74, 6) is 4.53. The fraction of sp³-hybridized carbons (Fsp3) is 0.500. The van der Waals surface area contributed by atoms with Crippen LogP contribution in [0.15, 0.2) is 0 Å². The summed E-state index contributed by atoms with van der Waals surface area (Å²) in [6.45, 7) is 3.64. The van der Waals surface area contributed by atoms with Crippen molar-refractivity contribution in [1.82, 2.24) is 0 Å². The third-order valence-corrected chi connectivity index (χ3v) is 0.928. The molecule has 0 saturated carbocycles. The van der Waals surface area contributed by atoms with Gasteiger partial charge in [0.2, 0.25) is 0 Å². The molecular weight excluding hydrogens is 320 g/mol. The molecule has 64 valence electrons. The van der Waals surface area contributed by atoms with Crippen molar-refractivity contribution in [3.8, 4) is 11.8 Å². The predicted molar refractivity (Wildman–Crippen MR) is 39.0 cm³/mol. The van der Waals surface area contributed by atoms with Gasteiger partial charge in [-0.25, -0.2) is 4.79 Å². The van der Waals surface area contributed by atoms with Crippen LogP contribution in [0.4, 0.5) is 0 Å². The monoisotopic (exact) mass is 330 g/mol. The first-order valence-corrected chi connectivity index (χ1v) is 3.17. The molecule has 0 aromatic heterocycles.